The number of aryl methyl sites for hydroxylation is 12. The van der Waals surface area contributed by atoms with E-state index < -0.39 is 0 Å². The molecule has 6 N–H and O–H groups in total. The molecule has 12 rings (SSSR count). The third kappa shape index (κ3) is 32.9. The van der Waals surface area contributed by atoms with E-state index in [0.29, 0.717) is 0 Å². The van der Waals surface area contributed by atoms with E-state index in [-0.39, 0.29) is 86.8 Å². The van der Waals surface area contributed by atoms with Gasteiger partial charge >= 0.3 is 35.7 Å². The highest BCUT2D eigenvalue weighted by Crippen LogP contribution is 2.26. The molecule has 0 aliphatic heterocycles. The van der Waals surface area contributed by atoms with Gasteiger partial charge in [-0.25, -0.2) is 54.8 Å². The zero-order chi connectivity index (χ0) is 82.3. The molecule has 0 aliphatic rings. The highest BCUT2D eigenvalue weighted by atomic mass is 35.5. The first-order chi connectivity index (χ1) is 56.8. The van der Waals surface area contributed by atoms with Crippen molar-refractivity contribution < 1.29 is 119 Å². The molecule has 0 aliphatic carbocycles. The van der Waals surface area contributed by atoms with Crippen LogP contribution >= 0.6 is 0 Å². The van der Waals surface area contributed by atoms with Gasteiger partial charge in [0.2, 0.25) is 0 Å². The summed E-state index contributed by atoms with van der Waals surface area (Å²) in [5.74, 6) is 4.73. The van der Waals surface area contributed by atoms with Crippen LogP contribution in [-0.4, -0.2) is 122 Å². The number of nitrogens with one attached hydrogen (secondary N) is 6. The van der Waals surface area contributed by atoms with E-state index in [0.717, 1.165) is 225 Å². The number of anilines is 6. The van der Waals surface area contributed by atoms with Crippen molar-refractivity contribution in [2.75, 3.05) is 117 Å². The van der Waals surface area contributed by atoms with Crippen LogP contribution in [0.3, 0.4) is 0 Å². The SMILES string of the molecule is Cn1cc[n+](C)c1N=Nc1ccc(NCCCN(CCCNc2ccc(N=Nc3n(C)cc[n+]3C)cc2)CCCNc2ccc(N=Nc3n(C)cc[n+]3C)cc2)cc1.Cn1cc[n+](C)c1N=Nc1ccc(NCCC[N+](C)(CCCNc2ccc(N=Nc3n(C)cc[n+]3C)cc2)CCCNc2ccc(N=Nc3n(C)cc[n+]3C)cc2)cc1.[Cl-].[Cl-].[Cl-].[Cl-].[Cl-].[Cl-].[Cl-]. The number of halogens is 7. The first-order valence-electron chi connectivity index (χ1n) is 39.9. The summed E-state index contributed by atoms with van der Waals surface area (Å²) in [6, 6.07) is 48.7. The van der Waals surface area contributed by atoms with Crippen molar-refractivity contribution in [1.29, 1.82) is 0 Å². The summed E-state index contributed by atoms with van der Waals surface area (Å²) < 4.78 is 24.3. The van der Waals surface area contributed by atoms with Gasteiger partial charge in [-0.1, -0.05) is 30.7 Å². The van der Waals surface area contributed by atoms with Crippen molar-refractivity contribution in [1.82, 2.24) is 32.3 Å². The lowest BCUT2D eigenvalue weighted by Gasteiger charge is -2.35. The molecule has 6 aromatic heterocycles. The molecule has 0 fully saturated rings. The average Bonchev–Trinajstić information content (AvgIpc) is 1.69. The van der Waals surface area contributed by atoms with E-state index >= 15 is 0 Å². The molecule has 6 heterocycles. The van der Waals surface area contributed by atoms with Gasteiger partial charge in [-0.2, -0.15) is 0 Å². The number of aromatic nitrogens is 12. The first kappa shape index (κ1) is 105. The minimum absolute atomic E-state index is 0. The molecule has 0 radical (unpaired) electrons. The Hall–Kier alpha value is -11.1. The number of hydrogen-bond acceptors (Lipinski definition) is 19. The zero-order valence-electron chi connectivity index (χ0n) is 72.8. The predicted molar refractivity (Wildman–Crippen MR) is 459 cm³/mol. The Bertz CT molecular complexity index is 4630. The first-order valence-corrected chi connectivity index (χ1v) is 39.9. The Morgan fingerprint density at radius 1 is 0.242 bits per heavy atom. The largest absolute Gasteiger partial charge is 1.00 e. The maximum Gasteiger partial charge on any atom is 0.421 e. The third-order valence-corrected chi connectivity index (χ3v) is 20.2. The normalized spacial score (nSPS) is 11.7. The van der Waals surface area contributed by atoms with Crippen LogP contribution < -0.4 is 146 Å². The Kier molecular flexibility index (Phi) is 45.7. The van der Waals surface area contributed by atoms with Gasteiger partial charge in [0, 0.05) is 123 Å². The molecule has 12 aromatic rings. The summed E-state index contributed by atoms with van der Waals surface area (Å²) >= 11 is 0. The van der Waals surface area contributed by atoms with Crippen LogP contribution in [0.2, 0.25) is 0 Å². The molecule has 0 spiro atoms. The fourth-order valence-electron chi connectivity index (χ4n) is 13.2. The van der Waals surface area contributed by atoms with Gasteiger partial charge in [0.25, 0.3) is 0 Å². The predicted octanol–water partition coefficient (Wildman–Crippen LogP) is -5.77. The molecule has 124 heavy (non-hydrogen) atoms. The van der Waals surface area contributed by atoms with Crippen molar-refractivity contribution in [3.63, 3.8) is 0 Å². The molecule has 0 unspecified atom stereocenters. The molecule has 0 bridgehead atoms. The van der Waals surface area contributed by atoms with E-state index in [1.807, 2.05) is 287 Å². The highest BCUT2D eigenvalue weighted by molar-refractivity contribution is 5.55. The lowest BCUT2D eigenvalue weighted by Crippen LogP contribution is -3.00. The van der Waals surface area contributed by atoms with Gasteiger partial charge in [0.1, 0.15) is 34.1 Å². The topological polar surface area (TPSA) is 277 Å². The fourth-order valence-corrected chi connectivity index (χ4v) is 13.2. The lowest BCUT2D eigenvalue weighted by atomic mass is 10.2. The summed E-state index contributed by atoms with van der Waals surface area (Å²) in [5.41, 5.74) is 11.4. The van der Waals surface area contributed by atoms with E-state index in [2.05, 4.69) is 178 Å². The summed E-state index contributed by atoms with van der Waals surface area (Å²) in [4.78, 5) is 2.57. The van der Waals surface area contributed by atoms with Gasteiger partial charge < -0.3 is 128 Å². The van der Waals surface area contributed by atoms with Crippen LogP contribution in [0.25, 0.3) is 0 Å². The van der Waals surface area contributed by atoms with Crippen molar-refractivity contribution >= 4 is 104 Å². The summed E-state index contributed by atoms with van der Waals surface area (Å²) in [7, 11) is 25.9. The Balaban J connectivity index is 0.000000493. The van der Waals surface area contributed by atoms with Gasteiger partial charge in [0.15, 0.2) is 0 Å². The molecular formula is C85H117Cl7N32. The lowest BCUT2D eigenvalue weighted by molar-refractivity contribution is -0.909. The van der Waals surface area contributed by atoms with E-state index in [1.54, 1.807) is 0 Å². The van der Waals surface area contributed by atoms with Crippen molar-refractivity contribution in [2.45, 2.75) is 38.5 Å². The maximum absolute atomic E-state index is 4.42. The second-order valence-corrected chi connectivity index (χ2v) is 29.7. The molecule has 0 saturated heterocycles. The second-order valence-electron chi connectivity index (χ2n) is 29.7. The molecule has 0 amide bonds. The Morgan fingerprint density at radius 3 is 0.540 bits per heavy atom. The molecule has 666 valence electrons. The van der Waals surface area contributed by atoms with Gasteiger partial charge in [-0.3, -0.25) is 0 Å². The Morgan fingerprint density at radius 2 is 0.395 bits per heavy atom. The molecule has 32 nitrogen and oxygen atoms in total. The molecular weight excluding hydrogens is 1720 g/mol. The van der Waals surface area contributed by atoms with Gasteiger partial charge in [0.05, 0.1) is 186 Å². The van der Waals surface area contributed by atoms with E-state index in [4.69, 9.17) is 0 Å². The second kappa shape index (κ2) is 53.8. The highest BCUT2D eigenvalue weighted by Gasteiger charge is 2.22. The van der Waals surface area contributed by atoms with Gasteiger partial charge in [-0.05, 0) is 184 Å². The summed E-state index contributed by atoms with van der Waals surface area (Å²) in [6.07, 6.45) is 29.8. The smallest absolute Gasteiger partial charge is 0.421 e. The minimum Gasteiger partial charge on any atom is -1.00 e. The number of rotatable bonds is 42. The number of azo groups is 6. The summed E-state index contributed by atoms with van der Waals surface area (Å²) in [6.45, 7) is 11.5. The fraction of sp³-hybridized carbons (Fsp3) is 0.365. The summed E-state index contributed by atoms with van der Waals surface area (Å²) in [5, 5.41) is 74.5. The van der Waals surface area contributed by atoms with Crippen molar-refractivity contribution in [3.05, 3.63) is 220 Å². The number of nitrogens with zero attached hydrogens (tertiary/aromatic N) is 26. The average molecular weight is 1840 g/mol. The van der Waals surface area contributed by atoms with Crippen LogP contribution in [0.1, 0.15) is 38.5 Å². The molecule has 39 heteroatoms. The standard InChI is InChI=1S/C43H57N16.C42H54N16.7ClH/c1-53-26-27-54(2)41(53)50-47-38-17-11-35(12-18-38)44-23-8-32-59(7,33-9-24-45-36-13-19-39(20-14-36)48-51-42-55(3)28-29-56(42)4)34-10-25-46-37-15-21-40(22-16-37)49-52-43-57(5)30-31-58(43)6;1-52-28-29-53(2)40(52)49-46-37-16-10-34(11-17-37)43-22-7-25-58(26-8-23-44-35-12-18-38(19-13-35)47-50-41-54(3)30-31-55(41)4)27-9-24-45-36-14-20-39(21-15-36)48-51-42-56(5)32-33-57(42)6;;;;;;;/h11-22,26-31H,8-10,23-25,32-34H2,1-7H3;10-21,28-33H,7-9,22-27H2,1-6H3;7*1H/q+1;;;;;;;;/p-1. The third-order valence-electron chi connectivity index (χ3n) is 20.2. The van der Waals surface area contributed by atoms with Crippen LogP contribution in [-0.2, 0) is 84.6 Å². The van der Waals surface area contributed by atoms with Crippen LogP contribution in [0.4, 0.5) is 104 Å². The Labute approximate surface area is 771 Å². The minimum atomic E-state index is 0. The molecule has 0 atom stereocenters. The van der Waals surface area contributed by atoms with Crippen LogP contribution in [0.15, 0.2) is 281 Å². The number of imidazole rings is 6. The van der Waals surface area contributed by atoms with Crippen LogP contribution in [0.5, 0.6) is 0 Å². The van der Waals surface area contributed by atoms with Crippen molar-refractivity contribution in [2.24, 2.45) is 146 Å². The molecule has 6 aromatic carbocycles. The quantitative estimate of drug-likeness (QED) is 0.00933. The van der Waals surface area contributed by atoms with E-state index in [9.17, 15) is 0 Å². The molecule has 0 saturated carbocycles. The number of benzene rings is 6. The van der Waals surface area contributed by atoms with Gasteiger partial charge in [-0.15, -0.1) is 0 Å². The maximum atomic E-state index is 4.42. The van der Waals surface area contributed by atoms with Crippen LogP contribution in [0, 0.1) is 0 Å². The monoisotopic (exact) mass is 1830 g/mol. The zero-order valence-corrected chi connectivity index (χ0v) is 78.1. The number of hydrogen-bond donors (Lipinski definition) is 6. The number of quaternary nitrogens is 1. The van der Waals surface area contributed by atoms with E-state index in [1.165, 1.54) is 0 Å². The van der Waals surface area contributed by atoms with Crippen molar-refractivity contribution in [3.8, 4) is 0 Å².